The number of hydrogen-bond acceptors (Lipinski definition) is 3. The second-order valence-electron chi connectivity index (χ2n) is 2.20. The molecule has 4 heteroatoms. The number of aliphatic carboxylic acids is 1. The molecule has 0 unspecified atom stereocenters. The monoisotopic (exact) mass is 172 g/mol. The van der Waals surface area contributed by atoms with E-state index in [-0.39, 0.29) is 12.4 Å². The van der Waals surface area contributed by atoms with Crippen molar-refractivity contribution in [3.05, 3.63) is 12.2 Å². The molecule has 4 nitrogen and oxygen atoms in total. The summed E-state index contributed by atoms with van der Waals surface area (Å²) in [6, 6.07) is 0. The first kappa shape index (κ1) is 10.7. The predicted octanol–water partition coefficient (Wildman–Crippen LogP) is 0.970. The van der Waals surface area contributed by atoms with Crippen LogP contribution >= 0.6 is 0 Å². The smallest absolute Gasteiger partial charge is 0.307 e. The van der Waals surface area contributed by atoms with Crippen molar-refractivity contribution < 1.29 is 19.4 Å². The molecule has 0 aromatic rings. The zero-order valence-electron chi connectivity index (χ0n) is 6.95. The van der Waals surface area contributed by atoms with Gasteiger partial charge in [-0.2, -0.15) is 0 Å². The van der Waals surface area contributed by atoms with Crippen LogP contribution in [0.25, 0.3) is 0 Å². The summed E-state index contributed by atoms with van der Waals surface area (Å²) >= 11 is 0. The lowest BCUT2D eigenvalue weighted by Gasteiger charge is -1.95. The third-order valence-corrected chi connectivity index (χ3v) is 1.05. The van der Waals surface area contributed by atoms with E-state index in [1.807, 2.05) is 0 Å². The minimum Gasteiger partial charge on any atom is -0.481 e. The Morgan fingerprint density at radius 1 is 1.42 bits per heavy atom. The van der Waals surface area contributed by atoms with Crippen molar-refractivity contribution in [2.75, 3.05) is 6.61 Å². The molecule has 0 radical (unpaired) electrons. The van der Waals surface area contributed by atoms with Gasteiger partial charge in [0.05, 0.1) is 13.0 Å². The molecule has 0 aromatic carbocycles. The van der Waals surface area contributed by atoms with Gasteiger partial charge in [-0.15, -0.1) is 0 Å². The maximum Gasteiger partial charge on any atom is 0.307 e. The van der Waals surface area contributed by atoms with Crippen LogP contribution < -0.4 is 0 Å². The average Bonchev–Trinajstić information content (AvgIpc) is 1.95. The van der Waals surface area contributed by atoms with Gasteiger partial charge in [0, 0.05) is 6.92 Å². The second kappa shape index (κ2) is 6.39. The number of hydrogen-bond donors (Lipinski definition) is 1. The summed E-state index contributed by atoms with van der Waals surface area (Å²) in [5.74, 6) is -1.18. The average molecular weight is 172 g/mol. The second-order valence-corrected chi connectivity index (χ2v) is 2.20. The molecular weight excluding hydrogens is 160 g/mol. The summed E-state index contributed by atoms with van der Waals surface area (Å²) in [5.41, 5.74) is 0. The van der Waals surface area contributed by atoms with Gasteiger partial charge in [0.15, 0.2) is 0 Å². The Morgan fingerprint density at radius 3 is 2.58 bits per heavy atom. The van der Waals surface area contributed by atoms with Gasteiger partial charge >= 0.3 is 11.9 Å². The summed E-state index contributed by atoms with van der Waals surface area (Å²) in [6.07, 6.45) is 3.79. The van der Waals surface area contributed by atoms with Crippen LogP contribution in [0.3, 0.4) is 0 Å². The maximum atomic E-state index is 10.2. The molecule has 0 heterocycles. The molecule has 0 aliphatic heterocycles. The molecule has 0 atom stereocenters. The first-order chi connectivity index (χ1) is 5.63. The van der Waals surface area contributed by atoms with Gasteiger partial charge < -0.3 is 9.84 Å². The molecule has 0 spiro atoms. The zero-order chi connectivity index (χ0) is 9.40. The topological polar surface area (TPSA) is 63.6 Å². The number of carboxylic acids is 1. The van der Waals surface area contributed by atoms with Crippen LogP contribution in [0.2, 0.25) is 0 Å². The van der Waals surface area contributed by atoms with Gasteiger partial charge in [0.25, 0.3) is 0 Å². The van der Waals surface area contributed by atoms with Crippen LogP contribution in [-0.2, 0) is 14.3 Å². The molecule has 0 bridgehead atoms. The lowest BCUT2D eigenvalue weighted by atomic mass is 10.3. The molecule has 0 aliphatic rings. The largest absolute Gasteiger partial charge is 0.481 e. The molecule has 68 valence electrons. The van der Waals surface area contributed by atoms with Crippen LogP contribution in [0.15, 0.2) is 12.2 Å². The molecule has 0 fully saturated rings. The molecule has 0 aromatic heterocycles. The van der Waals surface area contributed by atoms with Crippen molar-refractivity contribution >= 4 is 11.9 Å². The van der Waals surface area contributed by atoms with Crippen molar-refractivity contribution in [2.45, 2.75) is 19.8 Å². The number of ether oxygens (including phenoxy) is 1. The third kappa shape index (κ3) is 8.68. The quantitative estimate of drug-likeness (QED) is 0.381. The van der Waals surface area contributed by atoms with E-state index in [0.29, 0.717) is 13.0 Å². The van der Waals surface area contributed by atoms with Gasteiger partial charge in [-0.3, -0.25) is 9.59 Å². The van der Waals surface area contributed by atoms with Crippen molar-refractivity contribution in [2.24, 2.45) is 0 Å². The summed E-state index contributed by atoms with van der Waals surface area (Å²) in [7, 11) is 0. The highest BCUT2D eigenvalue weighted by Gasteiger charge is 1.90. The Labute approximate surface area is 70.8 Å². The Hall–Kier alpha value is -1.32. The van der Waals surface area contributed by atoms with Gasteiger partial charge in [0.2, 0.25) is 0 Å². The SMILES string of the molecule is CC(=O)OCC/C=C/CC(=O)O. The van der Waals surface area contributed by atoms with Crippen LogP contribution in [0.4, 0.5) is 0 Å². The molecule has 0 rings (SSSR count). The van der Waals surface area contributed by atoms with Crippen LogP contribution in [0.1, 0.15) is 19.8 Å². The van der Waals surface area contributed by atoms with E-state index in [1.54, 1.807) is 6.08 Å². The summed E-state index contributed by atoms with van der Waals surface area (Å²) in [5, 5.41) is 8.22. The van der Waals surface area contributed by atoms with Gasteiger partial charge in [0.1, 0.15) is 0 Å². The van der Waals surface area contributed by atoms with E-state index < -0.39 is 5.97 Å². The molecular formula is C8H12O4. The van der Waals surface area contributed by atoms with E-state index in [2.05, 4.69) is 4.74 Å². The number of esters is 1. The Kier molecular flexibility index (Phi) is 5.69. The Morgan fingerprint density at radius 2 is 2.08 bits per heavy atom. The zero-order valence-corrected chi connectivity index (χ0v) is 6.95. The van der Waals surface area contributed by atoms with Crippen LogP contribution in [-0.4, -0.2) is 23.7 Å². The van der Waals surface area contributed by atoms with Crippen molar-refractivity contribution in [3.63, 3.8) is 0 Å². The third-order valence-electron chi connectivity index (χ3n) is 1.05. The van der Waals surface area contributed by atoms with E-state index in [9.17, 15) is 9.59 Å². The fourth-order valence-corrected chi connectivity index (χ4v) is 0.573. The highest BCUT2D eigenvalue weighted by atomic mass is 16.5. The lowest BCUT2D eigenvalue weighted by molar-refractivity contribution is -0.141. The fourth-order valence-electron chi connectivity index (χ4n) is 0.573. The van der Waals surface area contributed by atoms with E-state index >= 15 is 0 Å². The normalized spacial score (nSPS) is 10.1. The van der Waals surface area contributed by atoms with E-state index in [1.165, 1.54) is 13.0 Å². The van der Waals surface area contributed by atoms with Crippen LogP contribution in [0.5, 0.6) is 0 Å². The molecule has 12 heavy (non-hydrogen) atoms. The van der Waals surface area contributed by atoms with Crippen molar-refractivity contribution in [1.82, 2.24) is 0 Å². The lowest BCUT2D eigenvalue weighted by Crippen LogP contribution is -1.99. The minimum absolute atomic E-state index is 0.0140. The van der Waals surface area contributed by atoms with Gasteiger partial charge in [-0.05, 0) is 6.42 Å². The predicted molar refractivity (Wildman–Crippen MR) is 42.6 cm³/mol. The summed E-state index contributed by atoms with van der Waals surface area (Å²) in [6.45, 7) is 1.65. The molecule has 0 saturated heterocycles. The van der Waals surface area contributed by atoms with Crippen LogP contribution in [0, 0.1) is 0 Å². The molecule has 0 aliphatic carbocycles. The van der Waals surface area contributed by atoms with Crippen molar-refractivity contribution in [3.8, 4) is 0 Å². The van der Waals surface area contributed by atoms with Gasteiger partial charge in [-0.1, -0.05) is 12.2 Å². The first-order valence-corrected chi connectivity index (χ1v) is 3.63. The molecule has 0 amide bonds. The standard InChI is InChI=1S/C8H12O4/c1-7(9)12-6-4-2-3-5-8(10)11/h2-3H,4-6H2,1H3,(H,10,11)/b3-2+. The van der Waals surface area contributed by atoms with E-state index in [4.69, 9.17) is 5.11 Å². The number of carbonyl (C=O) groups is 2. The summed E-state index contributed by atoms with van der Waals surface area (Å²) in [4.78, 5) is 20.2. The molecule has 0 saturated carbocycles. The Balaban J connectivity index is 3.25. The van der Waals surface area contributed by atoms with E-state index in [0.717, 1.165) is 0 Å². The Bertz CT molecular complexity index is 183. The van der Waals surface area contributed by atoms with Crippen molar-refractivity contribution in [1.29, 1.82) is 0 Å². The highest BCUT2D eigenvalue weighted by Crippen LogP contribution is 1.89. The molecule has 1 N–H and O–H groups in total. The highest BCUT2D eigenvalue weighted by molar-refractivity contribution is 5.68. The number of carbonyl (C=O) groups excluding carboxylic acids is 1. The number of carboxylic acid groups (broad SMARTS) is 1. The first-order valence-electron chi connectivity index (χ1n) is 3.63. The summed E-state index contributed by atoms with van der Waals surface area (Å²) < 4.78 is 4.61. The van der Waals surface area contributed by atoms with Gasteiger partial charge in [-0.25, -0.2) is 0 Å². The minimum atomic E-state index is -0.862. The number of rotatable bonds is 5. The fraction of sp³-hybridized carbons (Fsp3) is 0.500. The maximum absolute atomic E-state index is 10.2.